The number of rotatable bonds is 7. The Hall–Kier alpha value is -3.15. The van der Waals surface area contributed by atoms with Gasteiger partial charge < -0.3 is 10.1 Å². The van der Waals surface area contributed by atoms with Gasteiger partial charge >= 0.3 is 5.97 Å². The molecule has 3 rings (SSSR count). The summed E-state index contributed by atoms with van der Waals surface area (Å²) in [6, 6.07) is 12.4. The van der Waals surface area contributed by atoms with E-state index >= 15 is 0 Å². The summed E-state index contributed by atoms with van der Waals surface area (Å²) in [6.07, 6.45) is 4.25. The van der Waals surface area contributed by atoms with E-state index in [0.29, 0.717) is 30.0 Å². The highest BCUT2D eigenvalue weighted by molar-refractivity contribution is 6.05. The third-order valence-electron chi connectivity index (χ3n) is 4.24. The molecule has 0 bridgehead atoms. The largest absolute Gasteiger partial charge is 0.462 e. The second kappa shape index (κ2) is 8.49. The zero-order valence-electron chi connectivity index (χ0n) is 15.6. The van der Waals surface area contributed by atoms with Crippen LogP contribution in [-0.4, -0.2) is 27.9 Å². The van der Waals surface area contributed by atoms with Gasteiger partial charge in [0.25, 0.3) is 5.91 Å². The summed E-state index contributed by atoms with van der Waals surface area (Å²) >= 11 is 0. The van der Waals surface area contributed by atoms with E-state index < -0.39 is 0 Å². The number of esters is 1. The highest BCUT2D eigenvalue weighted by atomic mass is 16.5. The van der Waals surface area contributed by atoms with Crippen LogP contribution in [0.3, 0.4) is 0 Å². The van der Waals surface area contributed by atoms with Crippen molar-refractivity contribution >= 4 is 23.2 Å². The van der Waals surface area contributed by atoms with Gasteiger partial charge in [0.1, 0.15) is 11.3 Å². The number of hydrogen-bond acceptors (Lipinski definition) is 4. The zero-order valence-corrected chi connectivity index (χ0v) is 15.6. The number of fused-ring (bicyclic) bond motifs is 1. The molecule has 1 amide bonds. The van der Waals surface area contributed by atoms with E-state index in [9.17, 15) is 9.59 Å². The number of hydrogen-bond donors (Lipinski definition) is 1. The Labute approximate surface area is 158 Å². The van der Waals surface area contributed by atoms with Crippen molar-refractivity contribution in [1.29, 1.82) is 0 Å². The molecule has 2 aromatic heterocycles. The number of aryl methyl sites for hydroxylation is 1. The van der Waals surface area contributed by atoms with E-state index in [1.165, 1.54) is 0 Å². The van der Waals surface area contributed by atoms with Crippen LogP contribution in [0.5, 0.6) is 0 Å². The fourth-order valence-corrected chi connectivity index (χ4v) is 2.84. The van der Waals surface area contributed by atoms with Crippen molar-refractivity contribution in [3.05, 3.63) is 65.6 Å². The van der Waals surface area contributed by atoms with Gasteiger partial charge in [-0.25, -0.2) is 9.78 Å². The van der Waals surface area contributed by atoms with Gasteiger partial charge in [0, 0.05) is 11.9 Å². The number of amides is 1. The Morgan fingerprint density at radius 3 is 2.78 bits per heavy atom. The minimum atomic E-state index is -0.386. The number of aromatic nitrogens is 2. The van der Waals surface area contributed by atoms with Crippen molar-refractivity contribution in [2.75, 3.05) is 11.9 Å². The van der Waals surface area contributed by atoms with Crippen molar-refractivity contribution in [2.45, 2.75) is 33.1 Å². The Balaban J connectivity index is 1.81. The van der Waals surface area contributed by atoms with Crippen LogP contribution < -0.4 is 5.32 Å². The maximum absolute atomic E-state index is 12.9. The Morgan fingerprint density at radius 1 is 1.15 bits per heavy atom. The number of ether oxygens (including phenoxy) is 1. The summed E-state index contributed by atoms with van der Waals surface area (Å²) in [5, 5.41) is 2.87. The number of nitrogens with one attached hydrogen (secondary N) is 1. The maximum atomic E-state index is 12.9. The summed E-state index contributed by atoms with van der Waals surface area (Å²) < 4.78 is 7.00. The molecule has 0 aliphatic rings. The highest BCUT2D eigenvalue weighted by Crippen LogP contribution is 2.17. The van der Waals surface area contributed by atoms with Gasteiger partial charge in [-0.2, -0.15) is 0 Å². The topological polar surface area (TPSA) is 72.7 Å². The number of carbonyl (C=O) groups is 2. The molecule has 0 saturated carbocycles. The second-order valence-corrected chi connectivity index (χ2v) is 6.21. The van der Waals surface area contributed by atoms with Gasteiger partial charge in [-0.15, -0.1) is 0 Å². The number of benzene rings is 1. The van der Waals surface area contributed by atoms with E-state index in [2.05, 4.69) is 10.3 Å². The molecule has 1 N–H and O–H groups in total. The molecular weight excluding hydrogens is 342 g/mol. The van der Waals surface area contributed by atoms with E-state index in [1.807, 2.05) is 38.2 Å². The first-order valence-corrected chi connectivity index (χ1v) is 9.18. The predicted molar refractivity (Wildman–Crippen MR) is 104 cm³/mol. The van der Waals surface area contributed by atoms with Gasteiger partial charge in [-0.1, -0.05) is 32.4 Å². The lowest BCUT2D eigenvalue weighted by atomic mass is 10.2. The van der Waals surface area contributed by atoms with Crippen LogP contribution in [0.25, 0.3) is 5.65 Å². The monoisotopic (exact) mass is 365 g/mol. The Kier molecular flexibility index (Phi) is 5.86. The summed E-state index contributed by atoms with van der Waals surface area (Å²) in [5.74, 6) is -0.648. The third-order valence-corrected chi connectivity index (χ3v) is 4.24. The van der Waals surface area contributed by atoms with Crippen molar-refractivity contribution in [3.8, 4) is 0 Å². The van der Waals surface area contributed by atoms with Crippen molar-refractivity contribution in [2.24, 2.45) is 0 Å². The fourth-order valence-electron chi connectivity index (χ4n) is 2.84. The molecule has 27 heavy (non-hydrogen) atoms. The van der Waals surface area contributed by atoms with Crippen LogP contribution >= 0.6 is 0 Å². The lowest BCUT2D eigenvalue weighted by Gasteiger charge is -2.09. The Bertz CT molecular complexity index is 962. The van der Waals surface area contributed by atoms with Gasteiger partial charge in [0.15, 0.2) is 0 Å². The number of anilines is 1. The summed E-state index contributed by atoms with van der Waals surface area (Å²) in [6.45, 7) is 4.40. The molecule has 140 valence electrons. The van der Waals surface area contributed by atoms with Crippen molar-refractivity contribution < 1.29 is 14.3 Å². The van der Waals surface area contributed by atoms with Crippen LogP contribution in [0, 0.1) is 0 Å². The van der Waals surface area contributed by atoms with Crippen LogP contribution in [-0.2, 0) is 11.2 Å². The van der Waals surface area contributed by atoms with Crippen LogP contribution in [0.2, 0.25) is 0 Å². The zero-order chi connectivity index (χ0) is 19.2. The molecule has 0 atom stereocenters. The average molecular weight is 365 g/mol. The summed E-state index contributed by atoms with van der Waals surface area (Å²) in [4.78, 5) is 29.5. The number of unbranched alkanes of at least 4 members (excludes halogenated alkanes) is 1. The molecule has 0 saturated heterocycles. The summed E-state index contributed by atoms with van der Waals surface area (Å²) in [5.41, 5.74) is 2.92. The molecule has 0 aliphatic heterocycles. The summed E-state index contributed by atoms with van der Waals surface area (Å²) in [7, 11) is 0. The first-order valence-electron chi connectivity index (χ1n) is 9.18. The first-order chi connectivity index (χ1) is 13.1. The normalized spacial score (nSPS) is 10.7. The van der Waals surface area contributed by atoms with E-state index in [4.69, 9.17) is 4.74 Å². The molecule has 6 nitrogen and oxygen atoms in total. The minimum absolute atomic E-state index is 0.262. The van der Waals surface area contributed by atoms with Gasteiger partial charge in [0.2, 0.25) is 0 Å². The molecule has 0 fully saturated rings. The molecule has 0 spiro atoms. The smallest absolute Gasteiger partial charge is 0.338 e. The molecule has 6 heteroatoms. The molecule has 3 aromatic rings. The van der Waals surface area contributed by atoms with E-state index in [1.54, 1.807) is 28.7 Å². The molecule has 2 heterocycles. The van der Waals surface area contributed by atoms with Gasteiger partial charge in [-0.05, 0) is 43.2 Å². The average Bonchev–Trinajstić information content (AvgIpc) is 3.07. The number of imidazole rings is 1. The third kappa shape index (κ3) is 4.16. The first kappa shape index (κ1) is 18.6. The highest BCUT2D eigenvalue weighted by Gasteiger charge is 2.18. The number of nitrogens with zero attached hydrogens (tertiary/aromatic N) is 2. The maximum Gasteiger partial charge on any atom is 0.338 e. The molecule has 1 aromatic carbocycles. The van der Waals surface area contributed by atoms with Crippen LogP contribution in [0.1, 0.15) is 53.2 Å². The lowest BCUT2D eigenvalue weighted by Crippen LogP contribution is -2.16. The number of carbonyl (C=O) groups excluding carboxylic acids is 2. The van der Waals surface area contributed by atoms with Gasteiger partial charge in [-0.3, -0.25) is 9.20 Å². The van der Waals surface area contributed by atoms with Crippen LogP contribution in [0.4, 0.5) is 5.69 Å². The van der Waals surface area contributed by atoms with Crippen LogP contribution in [0.15, 0.2) is 48.7 Å². The molecule has 0 unspecified atom stereocenters. The lowest BCUT2D eigenvalue weighted by molar-refractivity contribution is 0.0499. The van der Waals surface area contributed by atoms with Gasteiger partial charge in [0.05, 0.1) is 17.9 Å². The fraction of sp³-hybridized carbons (Fsp3) is 0.286. The van der Waals surface area contributed by atoms with Crippen molar-refractivity contribution in [3.63, 3.8) is 0 Å². The standard InChI is InChI=1S/C21H23N3O3/c1-3-5-13-27-21(26)15-9-8-10-16(14-15)22-20(25)19-17(4-2)23-18-11-6-7-12-24(18)19/h6-12,14H,3-5,13H2,1-2H3,(H,22,25). The minimum Gasteiger partial charge on any atom is -0.462 e. The SMILES string of the molecule is CCCCOC(=O)c1cccc(NC(=O)c2c(CC)nc3ccccn23)c1. The van der Waals surface area contributed by atoms with E-state index in [0.717, 1.165) is 24.2 Å². The second-order valence-electron chi connectivity index (χ2n) is 6.21. The molecular formula is C21H23N3O3. The molecule has 0 radical (unpaired) electrons. The van der Waals surface area contributed by atoms with Crippen molar-refractivity contribution in [1.82, 2.24) is 9.38 Å². The quantitative estimate of drug-likeness (QED) is 0.505. The Morgan fingerprint density at radius 2 is 2.00 bits per heavy atom. The molecule has 0 aliphatic carbocycles. The predicted octanol–water partition coefficient (Wildman–Crippen LogP) is 4.11. The number of pyridine rings is 1. The van der Waals surface area contributed by atoms with E-state index in [-0.39, 0.29) is 11.9 Å².